The van der Waals surface area contributed by atoms with E-state index in [4.69, 9.17) is 27.9 Å². The molecule has 0 unspecified atom stereocenters. The highest BCUT2D eigenvalue weighted by molar-refractivity contribution is 6.35. The summed E-state index contributed by atoms with van der Waals surface area (Å²) >= 11 is 12.5. The number of nitrogens with one attached hydrogen (secondary N) is 2. The summed E-state index contributed by atoms with van der Waals surface area (Å²) in [5.41, 5.74) is 1.84. The number of halogens is 5. The Balaban J connectivity index is 1.35. The van der Waals surface area contributed by atoms with Gasteiger partial charge in [0.2, 0.25) is 0 Å². The molecule has 4 aromatic rings. The molecule has 7 nitrogen and oxygen atoms in total. The van der Waals surface area contributed by atoms with Gasteiger partial charge in [0, 0.05) is 48.2 Å². The number of aromatic nitrogens is 4. The fourth-order valence-electron chi connectivity index (χ4n) is 4.53. The molecule has 3 aromatic heterocycles. The average Bonchev–Trinajstić information content (AvgIpc) is 3.24. The molecule has 12 heteroatoms. The molecule has 1 aliphatic heterocycles. The first-order valence-electron chi connectivity index (χ1n) is 11.5. The van der Waals surface area contributed by atoms with E-state index in [1.165, 1.54) is 18.5 Å². The maximum Gasteiger partial charge on any atom is 0.250 e. The van der Waals surface area contributed by atoms with E-state index in [9.17, 15) is 8.78 Å². The smallest absolute Gasteiger partial charge is 0.250 e. The van der Waals surface area contributed by atoms with E-state index < -0.39 is 30.4 Å². The fourth-order valence-corrected chi connectivity index (χ4v) is 5.21. The Morgan fingerprint density at radius 2 is 1.89 bits per heavy atom. The molecule has 1 aliphatic rings. The van der Waals surface area contributed by atoms with E-state index in [1.807, 2.05) is 19.9 Å². The number of rotatable bonds is 8. The van der Waals surface area contributed by atoms with Gasteiger partial charge in [-0.2, -0.15) is 5.10 Å². The lowest BCUT2D eigenvalue weighted by Crippen LogP contribution is -2.68. The van der Waals surface area contributed by atoms with Gasteiger partial charge in [0.1, 0.15) is 17.5 Å². The quantitative estimate of drug-likeness (QED) is 0.278. The summed E-state index contributed by atoms with van der Waals surface area (Å²) in [6, 6.07) is 6.77. The normalized spacial score (nSPS) is 15.7. The number of hydrogen-bond donors (Lipinski definition) is 2. The first kappa shape index (κ1) is 25.6. The number of pyridine rings is 2. The maximum atomic E-state index is 15.1. The van der Waals surface area contributed by atoms with Crippen molar-refractivity contribution in [2.75, 3.05) is 24.5 Å². The summed E-state index contributed by atoms with van der Waals surface area (Å²) in [6.07, 6.45) is 1.66. The van der Waals surface area contributed by atoms with Crippen molar-refractivity contribution in [3.8, 4) is 17.0 Å². The van der Waals surface area contributed by atoms with Gasteiger partial charge in [-0.05, 0) is 38.1 Å². The Labute approximate surface area is 221 Å². The summed E-state index contributed by atoms with van der Waals surface area (Å²) in [4.78, 5) is 9.99. The number of hydrogen-bond acceptors (Lipinski definition) is 6. The van der Waals surface area contributed by atoms with Crippen molar-refractivity contribution in [3.05, 3.63) is 64.3 Å². The predicted octanol–water partition coefficient (Wildman–Crippen LogP) is 6.04. The van der Waals surface area contributed by atoms with Gasteiger partial charge < -0.3 is 15.0 Å². The van der Waals surface area contributed by atoms with Gasteiger partial charge in [-0.3, -0.25) is 10.1 Å². The first-order valence-corrected chi connectivity index (χ1v) is 12.3. The first-order chi connectivity index (χ1) is 17.6. The zero-order chi connectivity index (χ0) is 26.3. The van der Waals surface area contributed by atoms with Crippen LogP contribution < -0.4 is 15.0 Å². The molecule has 37 heavy (non-hydrogen) atoms. The van der Waals surface area contributed by atoms with Gasteiger partial charge >= 0.3 is 0 Å². The Kier molecular flexibility index (Phi) is 6.91. The minimum Gasteiger partial charge on any atom is -0.486 e. The molecule has 1 fully saturated rings. The van der Waals surface area contributed by atoms with Crippen molar-refractivity contribution in [2.45, 2.75) is 31.9 Å². The molecule has 0 spiro atoms. The van der Waals surface area contributed by atoms with Crippen LogP contribution in [-0.2, 0) is 0 Å². The van der Waals surface area contributed by atoms with E-state index >= 15 is 4.39 Å². The third-order valence-electron chi connectivity index (χ3n) is 6.30. The van der Waals surface area contributed by atoms with Gasteiger partial charge in [0.05, 0.1) is 27.6 Å². The van der Waals surface area contributed by atoms with Crippen LogP contribution in [0.5, 0.6) is 5.75 Å². The summed E-state index contributed by atoms with van der Waals surface area (Å²) < 4.78 is 46.2. The van der Waals surface area contributed by atoms with Crippen molar-refractivity contribution in [1.82, 2.24) is 25.5 Å². The van der Waals surface area contributed by atoms with Gasteiger partial charge in [0.25, 0.3) is 6.43 Å². The lowest BCUT2D eigenvalue weighted by molar-refractivity contribution is 0.124. The Bertz CT molecular complexity index is 1420. The van der Waals surface area contributed by atoms with Crippen LogP contribution in [0.2, 0.25) is 10.0 Å². The monoisotopic (exact) mass is 550 g/mol. The molecule has 0 amide bonds. The van der Waals surface area contributed by atoms with Gasteiger partial charge in [0.15, 0.2) is 11.6 Å². The van der Waals surface area contributed by atoms with Crippen LogP contribution in [0.3, 0.4) is 0 Å². The van der Waals surface area contributed by atoms with E-state index in [0.717, 1.165) is 10.9 Å². The Hall–Kier alpha value is -3.08. The SMILES string of the molecule is C[C@@H](Oc1ccc2[nH]nc(-c3cnc(N4CC(C)(NCC(F)F)C4)c(F)c3)c2c1)c1c(Cl)cncc1Cl. The van der Waals surface area contributed by atoms with Crippen molar-refractivity contribution in [2.24, 2.45) is 0 Å². The zero-order valence-electron chi connectivity index (χ0n) is 19.9. The number of aromatic amines is 1. The molecule has 2 N–H and O–H groups in total. The summed E-state index contributed by atoms with van der Waals surface area (Å²) in [6.45, 7) is 4.00. The molecule has 0 aliphatic carbocycles. The molecule has 194 valence electrons. The van der Waals surface area contributed by atoms with Crippen LogP contribution in [0.25, 0.3) is 22.2 Å². The number of H-pyrrole nitrogens is 1. The topological polar surface area (TPSA) is 79.0 Å². The minimum absolute atomic E-state index is 0.170. The molecular formula is C25H23Cl2F3N6O. The van der Waals surface area contributed by atoms with Crippen LogP contribution >= 0.6 is 23.2 Å². The number of ether oxygens (including phenoxy) is 1. The molecule has 5 rings (SSSR count). The number of anilines is 1. The second kappa shape index (κ2) is 10.00. The van der Waals surface area contributed by atoms with Crippen molar-refractivity contribution >= 4 is 39.9 Å². The van der Waals surface area contributed by atoms with Crippen LogP contribution in [0.1, 0.15) is 25.5 Å². The average molecular weight is 551 g/mol. The lowest BCUT2D eigenvalue weighted by Gasteiger charge is -2.49. The molecule has 1 saturated heterocycles. The van der Waals surface area contributed by atoms with Gasteiger partial charge in [-0.15, -0.1) is 0 Å². The number of fused-ring (bicyclic) bond motifs is 1. The fraction of sp³-hybridized carbons (Fsp3) is 0.320. The predicted molar refractivity (Wildman–Crippen MR) is 137 cm³/mol. The molecule has 1 aromatic carbocycles. The minimum atomic E-state index is -2.44. The van der Waals surface area contributed by atoms with Gasteiger partial charge in [-0.25, -0.2) is 18.2 Å². The van der Waals surface area contributed by atoms with E-state index in [-0.39, 0.29) is 5.82 Å². The highest BCUT2D eigenvalue weighted by Gasteiger charge is 2.40. The Morgan fingerprint density at radius 3 is 2.57 bits per heavy atom. The third-order valence-corrected chi connectivity index (χ3v) is 6.90. The van der Waals surface area contributed by atoms with Crippen LogP contribution in [0, 0.1) is 5.82 Å². The molecular weight excluding hydrogens is 528 g/mol. The second-order valence-electron chi connectivity index (χ2n) is 9.27. The summed E-state index contributed by atoms with van der Waals surface area (Å²) in [7, 11) is 0. The Morgan fingerprint density at radius 1 is 1.16 bits per heavy atom. The van der Waals surface area contributed by atoms with Gasteiger partial charge in [-0.1, -0.05) is 23.2 Å². The molecule has 0 bridgehead atoms. The number of benzene rings is 1. The third kappa shape index (κ3) is 5.18. The summed E-state index contributed by atoms with van der Waals surface area (Å²) in [5, 5.41) is 11.6. The second-order valence-corrected chi connectivity index (χ2v) is 10.1. The van der Waals surface area contributed by atoms with Crippen molar-refractivity contribution in [1.29, 1.82) is 0 Å². The van der Waals surface area contributed by atoms with Crippen molar-refractivity contribution < 1.29 is 17.9 Å². The standard InChI is InChI=1S/C25H23Cl2F3N6O/c1-13(22-17(26)8-31-9-18(22)27)37-15-3-4-20-16(6-15)23(35-34-20)14-5-19(28)24(32-7-14)36-11-25(2,12-36)33-10-21(29)30/h3-9,13,21,33H,10-12H2,1-2H3,(H,34,35)/t13-/m1/s1. The van der Waals surface area contributed by atoms with Crippen LogP contribution in [-0.4, -0.2) is 51.8 Å². The zero-order valence-corrected chi connectivity index (χ0v) is 21.4. The maximum absolute atomic E-state index is 15.1. The highest BCUT2D eigenvalue weighted by atomic mass is 35.5. The number of nitrogens with zero attached hydrogens (tertiary/aromatic N) is 4. The van der Waals surface area contributed by atoms with E-state index in [1.54, 1.807) is 23.2 Å². The highest BCUT2D eigenvalue weighted by Crippen LogP contribution is 2.36. The number of alkyl halides is 2. The molecule has 1 atom stereocenters. The van der Waals surface area contributed by atoms with Crippen LogP contribution in [0.15, 0.2) is 42.9 Å². The van der Waals surface area contributed by atoms with Crippen molar-refractivity contribution in [3.63, 3.8) is 0 Å². The summed E-state index contributed by atoms with van der Waals surface area (Å²) in [5.74, 6) is 0.198. The molecule has 4 heterocycles. The van der Waals surface area contributed by atoms with E-state index in [2.05, 4.69) is 25.5 Å². The molecule has 0 saturated carbocycles. The van der Waals surface area contributed by atoms with E-state index in [0.29, 0.717) is 45.7 Å². The molecule has 0 radical (unpaired) electrons. The largest absolute Gasteiger partial charge is 0.486 e. The van der Waals surface area contributed by atoms with Crippen LogP contribution in [0.4, 0.5) is 19.0 Å². The lowest BCUT2D eigenvalue weighted by atomic mass is 9.92.